The van der Waals surface area contributed by atoms with Gasteiger partial charge in [-0.1, -0.05) is 61.5 Å². The predicted octanol–water partition coefficient (Wildman–Crippen LogP) is 7.19. The lowest BCUT2D eigenvalue weighted by Crippen LogP contribution is -2.66. The van der Waals surface area contributed by atoms with Gasteiger partial charge in [-0.2, -0.15) is 0 Å². The summed E-state index contributed by atoms with van der Waals surface area (Å²) in [5, 5.41) is 39.6. The van der Waals surface area contributed by atoms with Crippen molar-refractivity contribution in [3.05, 3.63) is 12.2 Å². The highest BCUT2D eigenvalue weighted by Crippen LogP contribution is 2.68. The van der Waals surface area contributed by atoms with Crippen LogP contribution in [0.4, 0.5) is 4.79 Å². The monoisotopic (exact) mass is 859 g/mol. The molecule has 7 aliphatic rings. The molecular weight excluding hydrogens is 781 g/mol. The van der Waals surface area contributed by atoms with Gasteiger partial charge in [0.2, 0.25) is 0 Å². The second-order valence-corrected chi connectivity index (χ2v) is 21.2. The molecule has 13 nitrogen and oxygen atoms in total. The first-order valence-electron chi connectivity index (χ1n) is 24.0. The van der Waals surface area contributed by atoms with Gasteiger partial charge in [0.1, 0.15) is 11.8 Å². The zero-order valence-electron chi connectivity index (χ0n) is 38.7. The van der Waals surface area contributed by atoms with E-state index in [9.17, 15) is 29.7 Å². The highest BCUT2D eigenvalue weighted by Gasteiger charge is 2.74. The minimum absolute atomic E-state index is 0.00701. The minimum atomic E-state index is -1.30. The first-order chi connectivity index (χ1) is 28.7. The van der Waals surface area contributed by atoms with E-state index < -0.39 is 81.9 Å². The zero-order valence-corrected chi connectivity index (χ0v) is 38.7. The fourth-order valence-electron chi connectivity index (χ4n) is 12.7. The average Bonchev–Trinajstić information content (AvgIpc) is 3.66. The maximum Gasteiger partial charge on any atom is 0.315 e. The summed E-state index contributed by atoms with van der Waals surface area (Å²) < 4.78 is 34.9. The number of carbonyl (C=O) groups is 3. The van der Waals surface area contributed by atoms with Crippen LogP contribution >= 0.6 is 0 Å². The number of ketones is 1. The molecule has 4 saturated heterocycles. The van der Waals surface area contributed by atoms with E-state index in [-0.39, 0.29) is 47.8 Å². The molecule has 7 rings (SSSR count). The number of hydrogen-bond acceptors (Lipinski definition) is 10. The molecule has 0 aromatic rings. The first kappa shape index (κ1) is 46.9. The Morgan fingerprint density at radius 3 is 2.18 bits per heavy atom. The molecular formula is C48H78N2O11. The third-order valence-corrected chi connectivity index (χ3v) is 17.5. The van der Waals surface area contributed by atoms with E-state index in [4.69, 9.17) is 23.7 Å². The van der Waals surface area contributed by atoms with Gasteiger partial charge in [0.05, 0.1) is 53.2 Å². The van der Waals surface area contributed by atoms with E-state index in [1.807, 2.05) is 60.6 Å². The largest absolute Gasteiger partial charge is 0.481 e. The quantitative estimate of drug-likeness (QED) is 0.118. The standard InChI is InChI=1S/C48H78N2O11/c1-11-33(41(53)54)35-18-17-28(5)46(58-35)26-43(46,9)40(52)30(7)38(51)34(12-2)39-27(4)25-29(6)47(59-39)22-19-36(50-42(55)49-32-15-14-16-32)48(61-47)24-23-44(10,60-48)37-20-21-45(56,13-3)31(8)57-37/h19,22,27-37,39-40,52,56H,11-18,20-21,23-26H2,1-10H3,(H,53,54)(H2,49,50,55)/t27-,28-,29+,30+,31-,33+,34?,35+,36+,37+,39-,40+,43?,44-,45+,46+,47-,48-/m0/s1. The Morgan fingerprint density at radius 1 is 0.869 bits per heavy atom. The summed E-state index contributed by atoms with van der Waals surface area (Å²) in [6.45, 7) is 19.9. The van der Waals surface area contributed by atoms with Crippen molar-refractivity contribution >= 4 is 17.8 Å². The lowest BCUT2D eigenvalue weighted by atomic mass is 9.72. The number of aliphatic hydroxyl groups excluding tert-OH is 1. The first-order valence-corrected chi connectivity index (χ1v) is 24.0. The number of carboxylic acids is 1. The van der Waals surface area contributed by atoms with Gasteiger partial charge in [-0.15, -0.1) is 0 Å². The van der Waals surface area contributed by atoms with Gasteiger partial charge in [-0.25, -0.2) is 4.79 Å². The summed E-state index contributed by atoms with van der Waals surface area (Å²) in [4.78, 5) is 40.4. The van der Waals surface area contributed by atoms with Crippen LogP contribution < -0.4 is 10.6 Å². The van der Waals surface area contributed by atoms with Crippen molar-refractivity contribution in [1.29, 1.82) is 0 Å². The van der Waals surface area contributed by atoms with E-state index in [1.165, 1.54) is 0 Å². The number of amides is 2. The molecule has 3 spiro atoms. The average molecular weight is 859 g/mol. The van der Waals surface area contributed by atoms with Crippen molar-refractivity contribution in [3.63, 3.8) is 0 Å². The summed E-state index contributed by atoms with van der Waals surface area (Å²) in [5.41, 5.74) is -3.08. The number of urea groups is 1. The maximum absolute atomic E-state index is 14.8. The van der Waals surface area contributed by atoms with Crippen molar-refractivity contribution in [1.82, 2.24) is 10.6 Å². The number of nitrogens with one attached hydrogen (secondary N) is 2. The number of hydrogen-bond donors (Lipinski definition) is 5. The summed E-state index contributed by atoms with van der Waals surface area (Å²) in [7, 11) is 0. The maximum atomic E-state index is 14.8. The van der Waals surface area contributed by atoms with Gasteiger partial charge in [0.15, 0.2) is 11.6 Å². The molecule has 5 aliphatic heterocycles. The molecule has 13 heteroatoms. The molecule has 0 bridgehead atoms. The Hall–Kier alpha value is -2.13. The second kappa shape index (κ2) is 17.0. The van der Waals surface area contributed by atoms with Crippen LogP contribution in [0.1, 0.15) is 159 Å². The molecule has 0 aromatic carbocycles. The summed E-state index contributed by atoms with van der Waals surface area (Å²) in [5.74, 6) is -5.42. The molecule has 61 heavy (non-hydrogen) atoms. The van der Waals surface area contributed by atoms with Crippen molar-refractivity contribution in [2.24, 2.45) is 40.9 Å². The fraction of sp³-hybridized carbons (Fsp3) is 0.896. The number of Topliss-reactive ketones (excluding diaryl/α,β-unsaturated/α-hetero) is 1. The van der Waals surface area contributed by atoms with Gasteiger partial charge in [-0.05, 0) is 115 Å². The van der Waals surface area contributed by atoms with Gasteiger partial charge < -0.3 is 49.6 Å². The zero-order chi connectivity index (χ0) is 44.5. The Bertz CT molecular complexity index is 1670. The molecule has 5 heterocycles. The third kappa shape index (κ3) is 8.04. The van der Waals surface area contributed by atoms with E-state index in [2.05, 4.69) is 31.4 Å². The van der Waals surface area contributed by atoms with Crippen molar-refractivity contribution in [3.8, 4) is 0 Å². The number of ether oxygens (including phenoxy) is 5. The molecule has 5 N–H and O–H groups in total. The Kier molecular flexibility index (Phi) is 13.1. The molecule has 0 radical (unpaired) electrons. The van der Waals surface area contributed by atoms with Crippen LogP contribution in [0.2, 0.25) is 0 Å². The Morgan fingerprint density at radius 2 is 1.57 bits per heavy atom. The van der Waals surface area contributed by atoms with Crippen LogP contribution in [0.3, 0.4) is 0 Å². The SMILES string of the molecule is CCC(C(=O)[C@@H](C)[C@@H](O)C1(C)C[C@]12O[C@@H]([C@@H](CC)C(=O)O)CC[C@@H]2C)[C@H]1O[C@]2(C=C[C@@H](NC(=O)NC3CCC3)[C@]3(CC[C@@](C)([C@H]4CC[C@](O)(CC)[C@H](C)O4)O3)O2)[C@H](C)C[C@@H]1C. The van der Waals surface area contributed by atoms with Crippen molar-refractivity contribution in [2.45, 2.75) is 230 Å². The Labute approximate surface area is 364 Å². The molecule has 346 valence electrons. The summed E-state index contributed by atoms with van der Waals surface area (Å²) >= 11 is 0. The van der Waals surface area contributed by atoms with E-state index >= 15 is 0 Å². The number of carbonyl (C=O) groups excluding carboxylic acids is 2. The topological polar surface area (TPSA) is 182 Å². The number of aliphatic hydroxyl groups is 2. The lowest BCUT2D eigenvalue weighted by molar-refractivity contribution is -0.397. The van der Waals surface area contributed by atoms with Crippen LogP contribution in [0.5, 0.6) is 0 Å². The van der Waals surface area contributed by atoms with Crippen LogP contribution in [-0.4, -0.2) is 104 Å². The molecule has 2 saturated carbocycles. The smallest absolute Gasteiger partial charge is 0.315 e. The second-order valence-electron chi connectivity index (χ2n) is 21.2. The molecule has 6 fully saturated rings. The molecule has 0 aromatic heterocycles. The number of aliphatic carboxylic acids is 1. The van der Waals surface area contributed by atoms with Crippen molar-refractivity contribution in [2.75, 3.05) is 0 Å². The van der Waals surface area contributed by atoms with Crippen molar-refractivity contribution < 1.29 is 53.4 Å². The number of rotatable bonds is 13. The normalized spacial score (nSPS) is 46.8. The third-order valence-electron chi connectivity index (χ3n) is 17.5. The van der Waals surface area contributed by atoms with Crippen LogP contribution in [0.15, 0.2) is 12.2 Å². The van der Waals surface area contributed by atoms with Gasteiger partial charge in [-0.3, -0.25) is 9.59 Å². The van der Waals surface area contributed by atoms with E-state index in [0.29, 0.717) is 64.2 Å². The summed E-state index contributed by atoms with van der Waals surface area (Å²) in [6, 6.07) is -0.775. The van der Waals surface area contributed by atoms with Crippen LogP contribution in [0.25, 0.3) is 0 Å². The van der Waals surface area contributed by atoms with Gasteiger partial charge in [0, 0.05) is 35.6 Å². The fourth-order valence-corrected chi connectivity index (χ4v) is 12.7. The Balaban J connectivity index is 1.12. The lowest BCUT2D eigenvalue weighted by Gasteiger charge is -2.55. The summed E-state index contributed by atoms with van der Waals surface area (Å²) in [6.07, 6.45) is 10.8. The van der Waals surface area contributed by atoms with Gasteiger partial charge in [0.25, 0.3) is 0 Å². The molecule has 2 aliphatic carbocycles. The number of carboxylic acid groups (broad SMARTS) is 1. The highest BCUT2D eigenvalue weighted by atomic mass is 16.8. The van der Waals surface area contributed by atoms with Crippen LogP contribution in [0, 0.1) is 40.9 Å². The molecule has 2 amide bonds. The minimum Gasteiger partial charge on any atom is -0.481 e. The van der Waals surface area contributed by atoms with E-state index in [1.54, 1.807) is 0 Å². The van der Waals surface area contributed by atoms with Gasteiger partial charge >= 0.3 is 12.0 Å². The molecule has 2 unspecified atom stereocenters. The highest BCUT2D eigenvalue weighted by molar-refractivity contribution is 5.84. The predicted molar refractivity (Wildman–Crippen MR) is 228 cm³/mol. The van der Waals surface area contributed by atoms with E-state index in [0.717, 1.165) is 25.7 Å². The molecule has 18 atom stereocenters. The van der Waals surface area contributed by atoms with Crippen LogP contribution in [-0.2, 0) is 33.3 Å².